The van der Waals surface area contributed by atoms with Crippen LogP contribution in [0.5, 0.6) is 0 Å². The smallest absolute Gasteiger partial charge is 0.269 e. The first-order valence-corrected chi connectivity index (χ1v) is 11.8. The van der Waals surface area contributed by atoms with Gasteiger partial charge in [-0.3, -0.25) is 19.0 Å². The summed E-state index contributed by atoms with van der Waals surface area (Å²) in [5, 5.41) is 15.2. The van der Waals surface area contributed by atoms with E-state index in [1.807, 2.05) is 12.4 Å². The summed E-state index contributed by atoms with van der Waals surface area (Å²) in [6.45, 7) is 5.70. The molecule has 1 aliphatic rings. The van der Waals surface area contributed by atoms with Crippen molar-refractivity contribution < 1.29 is 4.79 Å². The fourth-order valence-electron chi connectivity index (χ4n) is 4.58. The number of anilines is 2. The van der Waals surface area contributed by atoms with E-state index in [0.717, 1.165) is 37.3 Å². The molecule has 5 rings (SSSR count). The van der Waals surface area contributed by atoms with E-state index in [1.165, 1.54) is 10.2 Å². The van der Waals surface area contributed by atoms with Gasteiger partial charge in [0.1, 0.15) is 12.9 Å². The summed E-state index contributed by atoms with van der Waals surface area (Å²) in [6, 6.07) is 9.25. The molecule has 0 spiro atoms. The van der Waals surface area contributed by atoms with Crippen LogP contribution in [0.3, 0.4) is 0 Å². The van der Waals surface area contributed by atoms with Gasteiger partial charge in [-0.05, 0) is 54.5 Å². The Bertz CT molecular complexity index is 1400. The molecule has 1 saturated heterocycles. The highest BCUT2D eigenvalue weighted by Gasteiger charge is 2.27. The van der Waals surface area contributed by atoms with Gasteiger partial charge >= 0.3 is 0 Å². The lowest BCUT2D eigenvalue weighted by Gasteiger charge is -2.23. The molecule has 1 amide bonds. The first-order chi connectivity index (χ1) is 17.0. The Labute approximate surface area is 202 Å². The SMILES string of the molecule is CC(C)c1nn(CC(=O)Nc2ccc3nncn3c2)c(=O)cc1N1CCC(Cc2ccncc2)C1. The Kier molecular flexibility index (Phi) is 6.26. The predicted molar refractivity (Wildman–Crippen MR) is 132 cm³/mol. The molecule has 4 aromatic heterocycles. The maximum absolute atomic E-state index is 12.9. The minimum absolute atomic E-state index is 0.107. The summed E-state index contributed by atoms with van der Waals surface area (Å²) in [7, 11) is 0. The fraction of sp³-hybridized carbons (Fsp3) is 0.360. The van der Waals surface area contributed by atoms with Gasteiger partial charge in [-0.2, -0.15) is 5.10 Å². The number of nitrogens with one attached hydrogen (secondary N) is 1. The Hall–Kier alpha value is -4.08. The van der Waals surface area contributed by atoms with E-state index in [4.69, 9.17) is 0 Å². The van der Waals surface area contributed by atoms with Gasteiger partial charge in [0, 0.05) is 37.7 Å². The number of amides is 1. The number of carbonyl (C=O) groups is 1. The maximum Gasteiger partial charge on any atom is 0.269 e. The Morgan fingerprint density at radius 2 is 2.03 bits per heavy atom. The molecular weight excluding hydrogens is 444 g/mol. The molecule has 1 N–H and O–H groups in total. The van der Waals surface area contributed by atoms with E-state index in [-0.39, 0.29) is 23.9 Å². The third-order valence-corrected chi connectivity index (χ3v) is 6.32. The second-order valence-electron chi connectivity index (χ2n) is 9.29. The van der Waals surface area contributed by atoms with Gasteiger partial charge < -0.3 is 10.2 Å². The van der Waals surface area contributed by atoms with Crippen molar-refractivity contribution in [3.63, 3.8) is 0 Å². The lowest BCUT2D eigenvalue weighted by Crippen LogP contribution is -2.33. The second-order valence-corrected chi connectivity index (χ2v) is 9.29. The molecule has 1 fully saturated rings. The van der Waals surface area contributed by atoms with Crippen LogP contribution in [0.15, 0.2) is 60.0 Å². The van der Waals surface area contributed by atoms with E-state index in [2.05, 4.69) is 56.5 Å². The van der Waals surface area contributed by atoms with Crippen molar-refractivity contribution in [1.82, 2.24) is 29.4 Å². The zero-order chi connectivity index (χ0) is 24.4. The third-order valence-electron chi connectivity index (χ3n) is 6.32. The highest BCUT2D eigenvalue weighted by atomic mass is 16.2. The Balaban J connectivity index is 1.30. The van der Waals surface area contributed by atoms with E-state index in [9.17, 15) is 9.59 Å². The van der Waals surface area contributed by atoms with Crippen LogP contribution in [-0.4, -0.2) is 48.4 Å². The number of pyridine rings is 2. The number of fused-ring (bicyclic) bond motifs is 1. The molecule has 1 unspecified atom stereocenters. The Morgan fingerprint density at radius 1 is 1.20 bits per heavy atom. The molecule has 0 radical (unpaired) electrons. The minimum Gasteiger partial charge on any atom is -0.370 e. The topological polar surface area (TPSA) is 110 Å². The van der Waals surface area contributed by atoms with Crippen LogP contribution >= 0.6 is 0 Å². The first-order valence-electron chi connectivity index (χ1n) is 11.8. The second kappa shape index (κ2) is 9.65. The highest BCUT2D eigenvalue weighted by molar-refractivity contribution is 5.90. The lowest BCUT2D eigenvalue weighted by molar-refractivity contribution is -0.117. The average Bonchev–Trinajstić information content (AvgIpc) is 3.50. The molecule has 1 atom stereocenters. The number of hydrogen-bond donors (Lipinski definition) is 1. The zero-order valence-electron chi connectivity index (χ0n) is 19.8. The van der Waals surface area contributed by atoms with Crippen molar-refractivity contribution in [1.29, 1.82) is 0 Å². The molecule has 0 aromatic carbocycles. The number of aromatic nitrogens is 6. The standard InChI is InChI=1S/C25H28N8O2/c1-17(2)25-21(31-10-7-19(13-31)11-18-5-8-26-9-6-18)12-24(35)33(30-25)15-23(34)28-20-3-4-22-29-27-16-32(22)14-20/h3-6,8-9,12,14,16-17,19H,7,10-11,13,15H2,1-2H3,(H,28,34). The number of nitrogens with zero attached hydrogens (tertiary/aromatic N) is 7. The summed E-state index contributed by atoms with van der Waals surface area (Å²) < 4.78 is 2.96. The van der Waals surface area contributed by atoms with Crippen LogP contribution < -0.4 is 15.8 Å². The van der Waals surface area contributed by atoms with Crippen molar-refractivity contribution in [3.8, 4) is 0 Å². The number of carbonyl (C=O) groups excluding carboxylic acids is 1. The number of rotatable bonds is 7. The third kappa shape index (κ3) is 5.06. The monoisotopic (exact) mass is 472 g/mol. The molecular formula is C25H28N8O2. The summed E-state index contributed by atoms with van der Waals surface area (Å²) >= 11 is 0. The normalized spacial score (nSPS) is 15.7. The zero-order valence-corrected chi connectivity index (χ0v) is 19.8. The van der Waals surface area contributed by atoms with Crippen LogP contribution in [0, 0.1) is 5.92 Å². The van der Waals surface area contributed by atoms with E-state index in [1.54, 1.807) is 35.1 Å². The molecule has 35 heavy (non-hydrogen) atoms. The molecule has 0 aliphatic carbocycles. The van der Waals surface area contributed by atoms with Crippen LogP contribution in [0.2, 0.25) is 0 Å². The summed E-state index contributed by atoms with van der Waals surface area (Å²) in [4.78, 5) is 32.0. The first kappa shape index (κ1) is 22.7. The molecule has 10 heteroatoms. The molecule has 0 bridgehead atoms. The van der Waals surface area contributed by atoms with Gasteiger partial charge in [0.25, 0.3) is 5.56 Å². The fourth-order valence-corrected chi connectivity index (χ4v) is 4.58. The molecule has 180 valence electrons. The predicted octanol–water partition coefficient (Wildman–Crippen LogP) is 2.51. The summed E-state index contributed by atoms with van der Waals surface area (Å²) in [5.41, 5.74) is 3.96. The van der Waals surface area contributed by atoms with Crippen molar-refractivity contribution >= 4 is 22.9 Å². The quantitative estimate of drug-likeness (QED) is 0.440. The van der Waals surface area contributed by atoms with Crippen molar-refractivity contribution in [2.24, 2.45) is 5.92 Å². The minimum atomic E-state index is -0.326. The van der Waals surface area contributed by atoms with Gasteiger partial charge in [0.15, 0.2) is 5.65 Å². The van der Waals surface area contributed by atoms with Crippen LogP contribution in [0.25, 0.3) is 5.65 Å². The molecule has 1 aliphatic heterocycles. The van der Waals surface area contributed by atoms with E-state index in [0.29, 0.717) is 17.3 Å². The van der Waals surface area contributed by atoms with Gasteiger partial charge in [0.05, 0.1) is 17.1 Å². The summed E-state index contributed by atoms with van der Waals surface area (Å²) in [6.07, 6.45) is 8.98. The number of hydrogen-bond acceptors (Lipinski definition) is 7. The van der Waals surface area contributed by atoms with Gasteiger partial charge in [-0.15, -0.1) is 10.2 Å². The van der Waals surface area contributed by atoms with Crippen LogP contribution in [0.1, 0.15) is 37.4 Å². The summed E-state index contributed by atoms with van der Waals surface area (Å²) in [5.74, 6) is 0.289. The largest absolute Gasteiger partial charge is 0.370 e. The lowest BCUT2D eigenvalue weighted by atomic mass is 9.99. The van der Waals surface area contributed by atoms with E-state index < -0.39 is 0 Å². The van der Waals surface area contributed by atoms with Crippen LogP contribution in [-0.2, 0) is 17.8 Å². The van der Waals surface area contributed by atoms with E-state index >= 15 is 0 Å². The molecule has 5 heterocycles. The van der Waals surface area contributed by atoms with Gasteiger partial charge in [0.2, 0.25) is 5.91 Å². The van der Waals surface area contributed by atoms with Gasteiger partial charge in [-0.1, -0.05) is 13.8 Å². The van der Waals surface area contributed by atoms with Crippen LogP contribution in [0.4, 0.5) is 11.4 Å². The average molecular weight is 473 g/mol. The van der Waals surface area contributed by atoms with Gasteiger partial charge in [-0.25, -0.2) is 4.68 Å². The van der Waals surface area contributed by atoms with Crippen molar-refractivity contribution in [2.45, 2.75) is 39.2 Å². The van der Waals surface area contributed by atoms with Crippen molar-refractivity contribution in [3.05, 3.63) is 76.9 Å². The molecule has 10 nitrogen and oxygen atoms in total. The highest BCUT2D eigenvalue weighted by Crippen LogP contribution is 2.30. The molecule has 0 saturated carbocycles. The maximum atomic E-state index is 12.9. The molecule has 4 aromatic rings. The van der Waals surface area contributed by atoms with Crippen molar-refractivity contribution in [2.75, 3.05) is 23.3 Å². The Morgan fingerprint density at radius 3 is 2.83 bits per heavy atom.